The number of alkyl carbamates (subject to hydrolysis) is 1. The quantitative estimate of drug-likeness (QED) is 0.373. The van der Waals surface area contributed by atoms with Crippen LogP contribution >= 0.6 is 0 Å². The number of rotatable bonds is 11. The number of amides is 3. The molecule has 2 fully saturated rings. The van der Waals surface area contributed by atoms with Crippen LogP contribution in [0.1, 0.15) is 68.6 Å². The van der Waals surface area contributed by atoms with Crippen LogP contribution in [0.2, 0.25) is 0 Å². The number of nitrogens with zero attached hydrogens (tertiary/aromatic N) is 1. The second-order valence-corrected chi connectivity index (χ2v) is 10.5. The molecule has 0 spiro atoms. The van der Waals surface area contributed by atoms with E-state index in [1.807, 2.05) is 18.9 Å². The highest BCUT2D eigenvalue weighted by Crippen LogP contribution is 2.35. The number of carbonyl (C=O) groups is 2. The molecule has 3 N–H and O–H groups in total. The fourth-order valence-corrected chi connectivity index (χ4v) is 5.78. The van der Waals surface area contributed by atoms with E-state index in [9.17, 15) is 14.0 Å². The number of carbonyl (C=O) groups excluding carboxylic acids is 2. The van der Waals surface area contributed by atoms with Gasteiger partial charge in [0.2, 0.25) is 0 Å². The second kappa shape index (κ2) is 15.1. The molecule has 0 bridgehead atoms. The van der Waals surface area contributed by atoms with Gasteiger partial charge in [-0.1, -0.05) is 38.2 Å². The summed E-state index contributed by atoms with van der Waals surface area (Å²) in [5.41, 5.74) is 1.73. The lowest BCUT2D eigenvalue weighted by atomic mass is 9.84. The highest BCUT2D eigenvalue weighted by molar-refractivity contribution is 5.74. The van der Waals surface area contributed by atoms with Gasteiger partial charge in [0.25, 0.3) is 0 Å². The van der Waals surface area contributed by atoms with Gasteiger partial charge in [-0.05, 0) is 62.4 Å². The number of likely N-dealkylation sites (tertiary alicyclic amines) is 1. The molecule has 1 saturated heterocycles. The number of urea groups is 1. The predicted octanol–water partition coefficient (Wildman–Crippen LogP) is 4.53. The van der Waals surface area contributed by atoms with Crippen molar-refractivity contribution in [2.75, 3.05) is 46.9 Å². The molecule has 0 aromatic heterocycles. The molecule has 3 unspecified atom stereocenters. The molecule has 1 aliphatic heterocycles. The summed E-state index contributed by atoms with van der Waals surface area (Å²) in [4.78, 5) is 26.6. The first-order chi connectivity index (χ1) is 17.9. The van der Waals surface area contributed by atoms with Crippen LogP contribution in [0.4, 0.5) is 14.0 Å². The maximum atomic E-state index is 14.2. The van der Waals surface area contributed by atoms with E-state index in [-0.39, 0.29) is 43.1 Å². The zero-order valence-corrected chi connectivity index (χ0v) is 22.7. The minimum Gasteiger partial charge on any atom is -0.453 e. The van der Waals surface area contributed by atoms with Gasteiger partial charge in [0, 0.05) is 38.1 Å². The van der Waals surface area contributed by atoms with Crippen molar-refractivity contribution in [2.45, 2.75) is 70.4 Å². The standard InChI is InChI=1S/C28H45FN4O4/c1-20-11-12-23(29)17-25(20)26(37-15-13-31-28(35)36-3)22-10-7-14-33(19-22)27(34)32-24(18-30-2)16-21-8-5-4-6-9-21/h11-12,17,21-22,24,26,30H,4-10,13-16,18-19H2,1-3H3,(H,31,35)(H,32,34). The van der Waals surface area contributed by atoms with Gasteiger partial charge >= 0.3 is 12.1 Å². The van der Waals surface area contributed by atoms with E-state index in [1.165, 1.54) is 51.3 Å². The van der Waals surface area contributed by atoms with Crippen LogP contribution in [-0.4, -0.2) is 70.0 Å². The summed E-state index contributed by atoms with van der Waals surface area (Å²) in [6.45, 7) is 4.45. The van der Waals surface area contributed by atoms with Crippen LogP contribution < -0.4 is 16.0 Å². The van der Waals surface area contributed by atoms with Crippen LogP contribution in [0, 0.1) is 24.6 Å². The number of hydrogen-bond donors (Lipinski definition) is 3. The molecule has 3 rings (SSSR count). The van der Waals surface area contributed by atoms with Gasteiger partial charge in [-0.25, -0.2) is 14.0 Å². The monoisotopic (exact) mass is 520 g/mol. The predicted molar refractivity (Wildman–Crippen MR) is 142 cm³/mol. The van der Waals surface area contributed by atoms with Crippen LogP contribution in [0.5, 0.6) is 0 Å². The Balaban J connectivity index is 1.66. The highest BCUT2D eigenvalue weighted by atomic mass is 19.1. The van der Waals surface area contributed by atoms with E-state index in [4.69, 9.17) is 4.74 Å². The maximum Gasteiger partial charge on any atom is 0.406 e. The largest absolute Gasteiger partial charge is 0.453 e. The number of methoxy groups -OCH3 is 1. The molecular formula is C28H45FN4O4. The Morgan fingerprint density at radius 2 is 1.95 bits per heavy atom. The lowest BCUT2D eigenvalue weighted by Crippen LogP contribution is -2.52. The number of halogens is 1. The van der Waals surface area contributed by atoms with Crippen molar-refractivity contribution in [3.8, 4) is 0 Å². The first-order valence-corrected chi connectivity index (χ1v) is 13.8. The summed E-state index contributed by atoms with van der Waals surface area (Å²) in [5, 5.41) is 9.15. The third-order valence-corrected chi connectivity index (χ3v) is 7.70. The Labute approximate surface area is 221 Å². The van der Waals surface area contributed by atoms with E-state index in [1.54, 1.807) is 6.07 Å². The third kappa shape index (κ3) is 9.14. The van der Waals surface area contributed by atoms with Gasteiger partial charge in [0.05, 0.1) is 19.8 Å². The Morgan fingerprint density at radius 1 is 1.16 bits per heavy atom. The number of benzene rings is 1. The molecule has 2 aliphatic rings. The molecule has 8 nitrogen and oxygen atoms in total. The van der Waals surface area contributed by atoms with Gasteiger partial charge in [0.15, 0.2) is 0 Å². The summed E-state index contributed by atoms with van der Waals surface area (Å²) in [7, 11) is 3.24. The molecule has 1 saturated carbocycles. The summed E-state index contributed by atoms with van der Waals surface area (Å²) in [5.74, 6) is 0.373. The molecule has 37 heavy (non-hydrogen) atoms. The number of aryl methyl sites for hydroxylation is 1. The molecule has 208 valence electrons. The Morgan fingerprint density at radius 3 is 2.68 bits per heavy atom. The summed E-state index contributed by atoms with van der Waals surface area (Å²) in [6, 6.07) is 4.80. The molecule has 9 heteroatoms. The second-order valence-electron chi connectivity index (χ2n) is 10.5. The molecule has 1 aromatic carbocycles. The van der Waals surface area contributed by atoms with Crippen molar-refractivity contribution in [3.05, 3.63) is 35.1 Å². The van der Waals surface area contributed by atoms with Gasteiger partial charge < -0.3 is 30.3 Å². The minimum atomic E-state index is -0.521. The minimum absolute atomic E-state index is 0.0132. The van der Waals surface area contributed by atoms with Gasteiger partial charge in [0.1, 0.15) is 5.82 Å². The van der Waals surface area contributed by atoms with Crippen LogP contribution in [0.25, 0.3) is 0 Å². The van der Waals surface area contributed by atoms with E-state index in [0.717, 1.165) is 36.9 Å². The number of hydrogen-bond acceptors (Lipinski definition) is 5. The summed E-state index contributed by atoms with van der Waals surface area (Å²) < 4.78 is 25.1. The number of ether oxygens (including phenoxy) is 2. The molecule has 3 atom stereocenters. The Hall–Kier alpha value is -2.39. The molecule has 1 heterocycles. The third-order valence-electron chi connectivity index (χ3n) is 7.70. The van der Waals surface area contributed by atoms with Gasteiger partial charge in [-0.2, -0.15) is 0 Å². The molecular weight excluding hydrogens is 475 g/mol. The molecule has 1 aliphatic carbocycles. The zero-order valence-electron chi connectivity index (χ0n) is 22.7. The maximum absolute atomic E-state index is 14.2. The Kier molecular flexibility index (Phi) is 11.9. The van der Waals surface area contributed by atoms with Crippen LogP contribution in [0.3, 0.4) is 0 Å². The number of piperidine rings is 1. The molecule has 3 amide bonds. The van der Waals surface area contributed by atoms with Crippen molar-refractivity contribution < 1.29 is 23.5 Å². The lowest BCUT2D eigenvalue weighted by molar-refractivity contribution is -0.00915. The molecule has 0 radical (unpaired) electrons. The normalized spacial score (nSPS) is 20.2. The average Bonchev–Trinajstić information content (AvgIpc) is 2.91. The van der Waals surface area contributed by atoms with Crippen LogP contribution in [-0.2, 0) is 9.47 Å². The van der Waals surface area contributed by atoms with Gasteiger partial charge in [-0.15, -0.1) is 0 Å². The zero-order chi connectivity index (χ0) is 26.6. The first kappa shape index (κ1) is 29.2. The van der Waals surface area contributed by atoms with Crippen molar-refractivity contribution in [2.24, 2.45) is 11.8 Å². The van der Waals surface area contributed by atoms with Crippen molar-refractivity contribution >= 4 is 12.1 Å². The summed E-state index contributed by atoms with van der Waals surface area (Å²) >= 11 is 0. The Bertz CT molecular complexity index is 865. The van der Waals surface area contributed by atoms with Crippen molar-refractivity contribution in [1.29, 1.82) is 0 Å². The van der Waals surface area contributed by atoms with E-state index in [2.05, 4.69) is 20.7 Å². The van der Waals surface area contributed by atoms with E-state index in [0.29, 0.717) is 19.0 Å². The van der Waals surface area contributed by atoms with Crippen LogP contribution in [0.15, 0.2) is 18.2 Å². The van der Waals surface area contributed by atoms with E-state index < -0.39 is 6.09 Å². The van der Waals surface area contributed by atoms with Gasteiger partial charge in [-0.3, -0.25) is 0 Å². The van der Waals surface area contributed by atoms with Crippen molar-refractivity contribution in [3.63, 3.8) is 0 Å². The average molecular weight is 521 g/mol. The number of nitrogens with one attached hydrogen (secondary N) is 3. The van der Waals surface area contributed by atoms with Crippen molar-refractivity contribution in [1.82, 2.24) is 20.9 Å². The lowest BCUT2D eigenvalue weighted by Gasteiger charge is -2.38. The van der Waals surface area contributed by atoms with E-state index >= 15 is 0 Å². The first-order valence-electron chi connectivity index (χ1n) is 13.8. The fraction of sp³-hybridized carbons (Fsp3) is 0.714. The fourth-order valence-electron chi connectivity index (χ4n) is 5.78. The summed E-state index contributed by atoms with van der Waals surface area (Å²) in [6.07, 6.45) is 8.21. The number of likely N-dealkylation sites (N-methyl/N-ethyl adjacent to an activating group) is 1. The smallest absolute Gasteiger partial charge is 0.406 e. The highest BCUT2D eigenvalue weighted by Gasteiger charge is 2.33. The molecule has 1 aromatic rings. The SMILES string of the molecule is CNCC(CC1CCCCC1)NC(=O)N1CCCC(C(OCCNC(=O)OC)c2cc(F)ccc2C)C1. The topological polar surface area (TPSA) is 91.9 Å².